The second kappa shape index (κ2) is 8.32. The maximum Gasteiger partial charge on any atom is 0.315 e. The first-order valence-electron chi connectivity index (χ1n) is 8.42. The molecule has 1 aromatic carbocycles. The highest BCUT2D eigenvalue weighted by atomic mass is 127. The molecule has 0 aliphatic heterocycles. The zero-order valence-corrected chi connectivity index (χ0v) is 19.2. The summed E-state index contributed by atoms with van der Waals surface area (Å²) in [6.07, 6.45) is 1.55. The van der Waals surface area contributed by atoms with Gasteiger partial charge < -0.3 is 9.16 Å². The van der Waals surface area contributed by atoms with Gasteiger partial charge in [-0.1, -0.05) is 32.9 Å². The maximum atomic E-state index is 12.4. The van der Waals surface area contributed by atoms with Gasteiger partial charge in [0.15, 0.2) is 8.32 Å². The zero-order valence-electron chi connectivity index (χ0n) is 16.0. The maximum absolute atomic E-state index is 12.4. The van der Waals surface area contributed by atoms with E-state index in [0.717, 1.165) is 15.6 Å². The van der Waals surface area contributed by atoms with Crippen molar-refractivity contribution in [3.05, 3.63) is 33.4 Å². The number of carbonyl (C=O) groups is 1. The Labute approximate surface area is 161 Å². The van der Waals surface area contributed by atoms with Crippen LogP contribution in [0.4, 0.5) is 0 Å². The normalized spacial score (nSPS) is 15.0. The molecule has 136 valence electrons. The van der Waals surface area contributed by atoms with Gasteiger partial charge in [-0.25, -0.2) is 0 Å². The van der Waals surface area contributed by atoms with Gasteiger partial charge in [-0.2, -0.15) is 0 Å². The predicted molar refractivity (Wildman–Crippen MR) is 111 cm³/mol. The Bertz CT molecular complexity index is 566. The molecule has 0 aliphatic carbocycles. The number of halogens is 1. The van der Waals surface area contributed by atoms with E-state index in [0.29, 0.717) is 13.0 Å². The lowest BCUT2D eigenvalue weighted by atomic mass is 9.78. The van der Waals surface area contributed by atoms with Gasteiger partial charge in [0.2, 0.25) is 0 Å². The Morgan fingerprint density at radius 1 is 1.21 bits per heavy atom. The van der Waals surface area contributed by atoms with Gasteiger partial charge in [0, 0.05) is 10.2 Å². The topological polar surface area (TPSA) is 35.5 Å². The van der Waals surface area contributed by atoms with Crippen LogP contribution in [0, 0.1) is 3.57 Å². The number of rotatable bonds is 7. The summed E-state index contributed by atoms with van der Waals surface area (Å²) >= 11 is 2.27. The second-order valence-corrected chi connectivity index (χ2v) is 14.1. The van der Waals surface area contributed by atoms with E-state index in [1.807, 2.05) is 25.1 Å². The van der Waals surface area contributed by atoms with Gasteiger partial charge in [-0.15, -0.1) is 0 Å². The molecule has 24 heavy (non-hydrogen) atoms. The van der Waals surface area contributed by atoms with Crippen molar-refractivity contribution in [1.82, 2.24) is 0 Å². The van der Waals surface area contributed by atoms with Crippen LogP contribution in [0.15, 0.2) is 24.3 Å². The minimum atomic E-state index is -1.74. The first-order valence-corrected chi connectivity index (χ1v) is 12.4. The van der Waals surface area contributed by atoms with E-state index >= 15 is 0 Å². The molecule has 0 saturated heterocycles. The number of hydrogen-bond donors (Lipinski definition) is 0. The van der Waals surface area contributed by atoms with Crippen molar-refractivity contribution < 1.29 is 14.0 Å². The summed E-state index contributed by atoms with van der Waals surface area (Å²) in [5.41, 5.74) is 0.376. The Balaban J connectivity index is 2.81. The molecule has 5 heteroatoms. The van der Waals surface area contributed by atoms with E-state index in [1.165, 1.54) is 7.11 Å². The highest BCUT2D eigenvalue weighted by molar-refractivity contribution is 14.1. The van der Waals surface area contributed by atoms with Crippen molar-refractivity contribution in [2.45, 2.75) is 64.1 Å². The summed E-state index contributed by atoms with van der Waals surface area (Å²) in [7, 11) is -0.283. The minimum absolute atomic E-state index is 0.183. The van der Waals surface area contributed by atoms with Gasteiger partial charge in [0.25, 0.3) is 0 Å². The summed E-state index contributed by atoms with van der Waals surface area (Å²) in [6.45, 7) is 13.9. The van der Waals surface area contributed by atoms with Crippen molar-refractivity contribution in [2.24, 2.45) is 0 Å². The van der Waals surface area contributed by atoms with Gasteiger partial charge in [0.1, 0.15) is 0 Å². The Morgan fingerprint density at radius 2 is 1.83 bits per heavy atom. The third-order valence-corrected chi connectivity index (χ3v) is 10.4. The minimum Gasteiger partial charge on any atom is -0.468 e. The molecule has 0 spiro atoms. The molecule has 1 atom stereocenters. The molecule has 0 saturated carbocycles. The SMILES string of the molecule is COC(=O)C(C)(CCCO[Si](C)(C)C(C)(C)C)c1cccc(I)c1. The monoisotopic (exact) mass is 462 g/mol. The summed E-state index contributed by atoms with van der Waals surface area (Å²) in [5, 5.41) is 0.203. The predicted octanol–water partition coefficient (Wildman–Crippen LogP) is 5.52. The van der Waals surface area contributed by atoms with Crippen LogP contribution in [-0.2, 0) is 19.4 Å². The third-order valence-electron chi connectivity index (χ3n) is 5.19. The highest BCUT2D eigenvalue weighted by Gasteiger charge is 2.38. The Kier molecular flexibility index (Phi) is 7.50. The number of hydrogen-bond acceptors (Lipinski definition) is 3. The molecular weight excluding hydrogens is 431 g/mol. The standard InChI is InChI=1S/C19H31IO3Si/c1-18(2,3)24(6,7)23-13-9-12-19(4,17(21)22-5)15-10-8-11-16(20)14-15/h8,10-11,14H,9,12-13H2,1-7H3. The Morgan fingerprint density at radius 3 is 2.33 bits per heavy atom. The first kappa shape index (κ1) is 21.6. The lowest BCUT2D eigenvalue weighted by Crippen LogP contribution is -2.41. The van der Waals surface area contributed by atoms with Crippen LogP contribution in [0.1, 0.15) is 46.1 Å². The molecule has 0 heterocycles. The van der Waals surface area contributed by atoms with E-state index < -0.39 is 13.7 Å². The largest absolute Gasteiger partial charge is 0.468 e. The van der Waals surface area contributed by atoms with E-state index in [1.54, 1.807) is 0 Å². The number of methoxy groups -OCH3 is 1. The Hall–Kier alpha value is -0.403. The first-order chi connectivity index (χ1) is 10.9. The molecule has 0 N–H and O–H groups in total. The van der Waals surface area contributed by atoms with Gasteiger partial charge >= 0.3 is 5.97 Å². The molecule has 0 bridgehead atoms. The van der Waals surface area contributed by atoms with Crippen LogP contribution in [0.2, 0.25) is 18.1 Å². The molecule has 1 unspecified atom stereocenters. The van der Waals surface area contributed by atoms with E-state index in [4.69, 9.17) is 9.16 Å². The highest BCUT2D eigenvalue weighted by Crippen LogP contribution is 2.37. The van der Waals surface area contributed by atoms with Crippen molar-refractivity contribution in [3.8, 4) is 0 Å². The number of esters is 1. The molecule has 0 aromatic heterocycles. The average Bonchev–Trinajstić information content (AvgIpc) is 2.49. The van der Waals surface area contributed by atoms with E-state index in [2.05, 4.69) is 62.5 Å². The van der Waals surface area contributed by atoms with Gasteiger partial charge in [-0.3, -0.25) is 4.79 Å². The van der Waals surface area contributed by atoms with Crippen molar-refractivity contribution in [1.29, 1.82) is 0 Å². The fourth-order valence-electron chi connectivity index (χ4n) is 2.39. The molecule has 1 rings (SSSR count). The molecular formula is C19H31IO3Si. The fourth-order valence-corrected chi connectivity index (χ4v) is 4.02. The molecule has 3 nitrogen and oxygen atoms in total. The summed E-state index contributed by atoms with van der Waals surface area (Å²) in [4.78, 5) is 12.4. The van der Waals surface area contributed by atoms with Crippen LogP contribution >= 0.6 is 22.6 Å². The summed E-state index contributed by atoms with van der Waals surface area (Å²) in [5.74, 6) is -0.183. The van der Waals surface area contributed by atoms with E-state index in [-0.39, 0.29) is 11.0 Å². The molecule has 0 amide bonds. The van der Waals surface area contributed by atoms with Crippen molar-refractivity contribution in [3.63, 3.8) is 0 Å². The molecule has 0 fully saturated rings. The van der Waals surface area contributed by atoms with Crippen LogP contribution in [0.25, 0.3) is 0 Å². The lowest BCUT2D eigenvalue weighted by Gasteiger charge is -2.36. The average molecular weight is 462 g/mol. The fraction of sp³-hybridized carbons (Fsp3) is 0.632. The van der Waals surface area contributed by atoms with Gasteiger partial charge in [0.05, 0.1) is 12.5 Å². The summed E-state index contributed by atoms with van der Waals surface area (Å²) < 4.78 is 12.5. The smallest absolute Gasteiger partial charge is 0.315 e. The van der Waals surface area contributed by atoms with Crippen molar-refractivity contribution in [2.75, 3.05) is 13.7 Å². The second-order valence-electron chi connectivity index (χ2n) is 8.05. The summed E-state index contributed by atoms with van der Waals surface area (Å²) in [6, 6.07) is 8.09. The lowest BCUT2D eigenvalue weighted by molar-refractivity contribution is -0.147. The van der Waals surface area contributed by atoms with Crippen LogP contribution in [-0.4, -0.2) is 28.0 Å². The van der Waals surface area contributed by atoms with Crippen molar-refractivity contribution >= 4 is 36.9 Å². The van der Waals surface area contributed by atoms with Crippen LogP contribution in [0.3, 0.4) is 0 Å². The van der Waals surface area contributed by atoms with E-state index in [9.17, 15) is 4.79 Å². The third kappa shape index (κ3) is 5.30. The number of benzene rings is 1. The van der Waals surface area contributed by atoms with Gasteiger partial charge in [-0.05, 0) is 78.2 Å². The molecule has 1 aromatic rings. The number of ether oxygens (including phenoxy) is 1. The van der Waals surface area contributed by atoms with Crippen LogP contribution < -0.4 is 0 Å². The molecule has 0 radical (unpaired) electrons. The van der Waals surface area contributed by atoms with Crippen LogP contribution in [0.5, 0.6) is 0 Å². The quantitative estimate of drug-likeness (QED) is 0.232. The number of carbonyl (C=O) groups excluding carboxylic acids is 1. The zero-order chi connectivity index (χ0) is 18.6. The molecule has 0 aliphatic rings.